The van der Waals surface area contributed by atoms with E-state index in [1.165, 1.54) is 11.1 Å². The van der Waals surface area contributed by atoms with Crippen molar-refractivity contribution in [2.75, 3.05) is 0 Å². The highest BCUT2D eigenvalue weighted by Crippen LogP contribution is 2.26. The highest BCUT2D eigenvalue weighted by atomic mass is 16.5. The zero-order valence-corrected chi connectivity index (χ0v) is 13.5. The minimum Gasteiger partial charge on any atom is -0.491 e. The van der Waals surface area contributed by atoms with Crippen LogP contribution >= 0.6 is 0 Å². The van der Waals surface area contributed by atoms with Gasteiger partial charge in [-0.25, -0.2) is 0 Å². The van der Waals surface area contributed by atoms with E-state index in [9.17, 15) is 0 Å². The van der Waals surface area contributed by atoms with E-state index in [1.807, 2.05) is 32.9 Å². The van der Waals surface area contributed by atoms with Crippen LogP contribution in [0.15, 0.2) is 24.3 Å². The molecule has 0 saturated carbocycles. The molecule has 1 aromatic heterocycles. The normalized spacial score (nSPS) is 12.7. The molecule has 0 fully saturated rings. The third-order valence-electron chi connectivity index (χ3n) is 3.61. The first-order valence-electron chi connectivity index (χ1n) is 7.48. The molecule has 0 aliphatic heterocycles. The quantitative estimate of drug-likeness (QED) is 0.852. The van der Waals surface area contributed by atoms with Crippen molar-refractivity contribution in [3.8, 4) is 5.75 Å². The van der Waals surface area contributed by atoms with Crippen molar-refractivity contribution in [1.29, 1.82) is 0 Å². The van der Waals surface area contributed by atoms with Crippen molar-refractivity contribution in [2.45, 2.75) is 53.3 Å². The Hall–Kier alpha value is -1.81. The molecule has 4 heteroatoms. The summed E-state index contributed by atoms with van der Waals surface area (Å²) < 4.78 is 5.89. The van der Waals surface area contributed by atoms with Gasteiger partial charge in [-0.15, -0.1) is 0 Å². The van der Waals surface area contributed by atoms with Gasteiger partial charge >= 0.3 is 0 Å². The van der Waals surface area contributed by atoms with Crippen LogP contribution in [0, 0.1) is 13.8 Å². The number of aromatic nitrogens is 2. The van der Waals surface area contributed by atoms with Crippen LogP contribution in [0.4, 0.5) is 0 Å². The highest BCUT2D eigenvalue weighted by molar-refractivity contribution is 5.36. The third kappa shape index (κ3) is 3.85. The number of hydrogen-bond acceptors (Lipinski definition) is 3. The molecule has 0 aliphatic carbocycles. The lowest BCUT2D eigenvalue weighted by Gasteiger charge is -2.20. The average molecular weight is 287 g/mol. The molecule has 0 amide bonds. The number of nitrogens with one attached hydrogen (secondary N) is 2. The van der Waals surface area contributed by atoms with E-state index in [-0.39, 0.29) is 12.1 Å². The molecule has 0 spiro atoms. The number of aromatic amines is 1. The molecule has 1 aromatic carbocycles. The number of hydrogen-bond donors (Lipinski definition) is 2. The summed E-state index contributed by atoms with van der Waals surface area (Å²) in [5.74, 6) is 0.952. The van der Waals surface area contributed by atoms with Crippen molar-refractivity contribution in [2.24, 2.45) is 0 Å². The molecule has 0 saturated heterocycles. The van der Waals surface area contributed by atoms with Crippen LogP contribution in [0.1, 0.15) is 49.3 Å². The Morgan fingerprint density at radius 3 is 2.52 bits per heavy atom. The smallest absolute Gasteiger partial charge is 0.124 e. The number of rotatable bonds is 6. The number of nitrogens with zero attached hydrogens (tertiary/aromatic N) is 1. The van der Waals surface area contributed by atoms with Gasteiger partial charge in [-0.2, -0.15) is 5.10 Å². The zero-order chi connectivity index (χ0) is 15.4. The minimum atomic E-state index is 0.178. The molecular formula is C17H25N3O. The van der Waals surface area contributed by atoms with E-state index in [2.05, 4.69) is 41.5 Å². The SMILES string of the molecule is Cc1n[nH]c(C)c1CNC(C)c1ccccc1OC(C)C. The lowest BCUT2D eigenvalue weighted by molar-refractivity contribution is 0.238. The predicted molar refractivity (Wildman–Crippen MR) is 85.5 cm³/mol. The fourth-order valence-electron chi connectivity index (χ4n) is 2.40. The molecule has 21 heavy (non-hydrogen) atoms. The first-order valence-corrected chi connectivity index (χ1v) is 7.48. The molecule has 4 nitrogen and oxygen atoms in total. The lowest BCUT2D eigenvalue weighted by Crippen LogP contribution is -2.20. The van der Waals surface area contributed by atoms with Crippen LogP contribution in [0.3, 0.4) is 0 Å². The number of H-pyrrole nitrogens is 1. The first-order chi connectivity index (χ1) is 9.99. The summed E-state index contributed by atoms with van der Waals surface area (Å²) in [6.07, 6.45) is 0.178. The van der Waals surface area contributed by atoms with Crippen molar-refractivity contribution in [3.63, 3.8) is 0 Å². The van der Waals surface area contributed by atoms with Crippen molar-refractivity contribution < 1.29 is 4.74 Å². The summed E-state index contributed by atoms with van der Waals surface area (Å²) in [6, 6.07) is 8.42. The fourth-order valence-corrected chi connectivity index (χ4v) is 2.40. The molecule has 1 atom stereocenters. The van der Waals surface area contributed by atoms with Crippen LogP contribution < -0.4 is 10.1 Å². The molecule has 1 unspecified atom stereocenters. The van der Waals surface area contributed by atoms with Gasteiger partial charge in [0.2, 0.25) is 0 Å². The molecule has 0 radical (unpaired) electrons. The maximum Gasteiger partial charge on any atom is 0.124 e. The van der Waals surface area contributed by atoms with Gasteiger partial charge in [-0.05, 0) is 40.7 Å². The van der Waals surface area contributed by atoms with Gasteiger partial charge < -0.3 is 10.1 Å². The zero-order valence-electron chi connectivity index (χ0n) is 13.5. The maximum absolute atomic E-state index is 5.89. The van der Waals surface area contributed by atoms with E-state index in [4.69, 9.17) is 4.74 Å². The molecule has 2 aromatic rings. The molecule has 2 N–H and O–H groups in total. The summed E-state index contributed by atoms with van der Waals surface area (Å²) in [5.41, 5.74) is 4.60. The summed E-state index contributed by atoms with van der Waals surface area (Å²) >= 11 is 0. The van der Waals surface area contributed by atoms with Gasteiger partial charge in [-0.1, -0.05) is 18.2 Å². The van der Waals surface area contributed by atoms with Gasteiger partial charge in [0, 0.05) is 29.4 Å². The Morgan fingerprint density at radius 1 is 1.19 bits per heavy atom. The first kappa shape index (κ1) is 15.6. The second-order valence-corrected chi connectivity index (χ2v) is 5.72. The second-order valence-electron chi connectivity index (χ2n) is 5.72. The fraction of sp³-hybridized carbons (Fsp3) is 0.471. The number of para-hydroxylation sites is 1. The topological polar surface area (TPSA) is 49.9 Å². The van der Waals surface area contributed by atoms with Gasteiger partial charge in [0.25, 0.3) is 0 Å². The van der Waals surface area contributed by atoms with Gasteiger partial charge in [0.1, 0.15) is 5.75 Å². The van der Waals surface area contributed by atoms with Gasteiger partial charge in [0.15, 0.2) is 0 Å². The summed E-state index contributed by atoms with van der Waals surface area (Å²) in [5, 5.41) is 10.8. The number of benzene rings is 1. The number of aryl methyl sites for hydroxylation is 2. The summed E-state index contributed by atoms with van der Waals surface area (Å²) in [7, 11) is 0. The Bertz CT molecular complexity index is 570. The largest absolute Gasteiger partial charge is 0.491 e. The third-order valence-corrected chi connectivity index (χ3v) is 3.61. The van der Waals surface area contributed by atoms with E-state index >= 15 is 0 Å². The monoisotopic (exact) mass is 287 g/mol. The molecule has 0 aliphatic rings. The predicted octanol–water partition coefficient (Wildman–Crippen LogP) is 3.66. The molecular weight excluding hydrogens is 262 g/mol. The van der Waals surface area contributed by atoms with Crippen molar-refractivity contribution in [3.05, 3.63) is 46.8 Å². The van der Waals surface area contributed by atoms with E-state index < -0.39 is 0 Å². The van der Waals surface area contributed by atoms with Crippen molar-refractivity contribution >= 4 is 0 Å². The standard InChI is InChI=1S/C17H25N3O/c1-11(2)21-17-9-7-6-8-15(17)12(3)18-10-16-13(4)19-20-14(16)5/h6-9,11-12,18H,10H2,1-5H3,(H,19,20). The molecule has 1 heterocycles. The maximum atomic E-state index is 5.89. The highest BCUT2D eigenvalue weighted by Gasteiger charge is 2.13. The molecule has 2 rings (SSSR count). The van der Waals surface area contributed by atoms with Crippen LogP contribution in [-0.2, 0) is 6.54 Å². The summed E-state index contributed by atoms with van der Waals surface area (Å²) in [6.45, 7) is 11.1. The van der Waals surface area contributed by atoms with Crippen LogP contribution in [-0.4, -0.2) is 16.3 Å². The van der Waals surface area contributed by atoms with E-state index in [0.29, 0.717) is 0 Å². The summed E-state index contributed by atoms with van der Waals surface area (Å²) in [4.78, 5) is 0. The Balaban J connectivity index is 2.08. The van der Waals surface area contributed by atoms with E-state index in [1.54, 1.807) is 0 Å². The van der Waals surface area contributed by atoms with Crippen LogP contribution in [0.25, 0.3) is 0 Å². The number of ether oxygens (including phenoxy) is 1. The molecule has 114 valence electrons. The average Bonchev–Trinajstić information content (AvgIpc) is 2.75. The van der Waals surface area contributed by atoms with Crippen LogP contribution in [0.2, 0.25) is 0 Å². The second kappa shape index (κ2) is 6.76. The van der Waals surface area contributed by atoms with Gasteiger partial charge in [0.05, 0.1) is 11.8 Å². The van der Waals surface area contributed by atoms with Gasteiger partial charge in [-0.3, -0.25) is 5.10 Å². The lowest BCUT2D eigenvalue weighted by atomic mass is 10.1. The Labute approximate surface area is 126 Å². The minimum absolute atomic E-state index is 0.178. The van der Waals surface area contributed by atoms with E-state index in [0.717, 1.165) is 23.7 Å². The van der Waals surface area contributed by atoms with Crippen LogP contribution in [0.5, 0.6) is 5.75 Å². The Kier molecular flexibility index (Phi) is 5.02. The Morgan fingerprint density at radius 2 is 1.90 bits per heavy atom. The van der Waals surface area contributed by atoms with Crippen molar-refractivity contribution in [1.82, 2.24) is 15.5 Å². The molecule has 0 bridgehead atoms.